The molecule has 158 valence electrons. The first-order chi connectivity index (χ1) is 13.4. The number of allylic oxidation sites excluding steroid dienone is 2. The third-order valence-electron chi connectivity index (χ3n) is 4.60. The predicted octanol–water partition coefficient (Wildman–Crippen LogP) is 3.41. The fourth-order valence-electron chi connectivity index (χ4n) is 3.06. The number of sulfonamides is 1. The highest BCUT2D eigenvalue weighted by molar-refractivity contribution is 7.93. The van der Waals surface area contributed by atoms with Gasteiger partial charge in [-0.15, -0.1) is 0 Å². The van der Waals surface area contributed by atoms with E-state index in [1.54, 1.807) is 13.8 Å². The van der Waals surface area contributed by atoms with E-state index in [2.05, 4.69) is 10.0 Å². The molecule has 2 N–H and O–H groups in total. The summed E-state index contributed by atoms with van der Waals surface area (Å²) in [4.78, 5) is 11.9. The lowest BCUT2D eigenvalue weighted by atomic mass is 9.91. The molecule has 1 saturated heterocycles. The number of carbonyl (C=O) groups excluding carboxylic acids is 1. The monoisotopic (exact) mass is 450 g/mol. The summed E-state index contributed by atoms with van der Waals surface area (Å²) >= 11 is 5.55. The molecule has 1 aliphatic carbocycles. The standard InChI is InChI=1S/C18H18ClF3N2O4S/c1-9-3-4-13(29(26,27)24-18(2)7-28-8-18)16(22)14(9)17(25)23-10-5-11(19)15(21)12(20)6-10/h4-6,9,24H,3,7-8H2,1-2H3,(H,23,25). The fraction of sp³-hybridized carbons (Fsp3) is 0.389. The normalized spacial score (nSPS) is 21.4. The lowest BCUT2D eigenvalue weighted by Gasteiger charge is -2.38. The minimum absolute atomic E-state index is 0.0954. The number of anilines is 1. The Labute approximate surface area is 170 Å². The molecule has 0 radical (unpaired) electrons. The molecule has 2 aliphatic rings. The zero-order chi connectivity index (χ0) is 21.6. The number of nitrogens with one attached hydrogen (secondary N) is 2. The van der Waals surface area contributed by atoms with Crippen molar-refractivity contribution in [2.75, 3.05) is 18.5 Å². The number of hydrogen-bond acceptors (Lipinski definition) is 4. The van der Waals surface area contributed by atoms with Gasteiger partial charge in [0.05, 0.1) is 29.3 Å². The van der Waals surface area contributed by atoms with Crippen molar-refractivity contribution in [2.45, 2.75) is 25.8 Å². The van der Waals surface area contributed by atoms with Gasteiger partial charge in [0.25, 0.3) is 5.91 Å². The maximum atomic E-state index is 15.1. The largest absolute Gasteiger partial charge is 0.377 e. The molecule has 0 saturated carbocycles. The lowest BCUT2D eigenvalue weighted by molar-refractivity contribution is -0.113. The lowest BCUT2D eigenvalue weighted by Crippen LogP contribution is -2.60. The number of carbonyl (C=O) groups is 1. The van der Waals surface area contributed by atoms with Gasteiger partial charge in [-0.25, -0.2) is 26.3 Å². The van der Waals surface area contributed by atoms with Gasteiger partial charge in [-0.05, 0) is 25.3 Å². The summed E-state index contributed by atoms with van der Waals surface area (Å²) in [6.07, 6.45) is 1.30. The zero-order valence-electron chi connectivity index (χ0n) is 15.5. The van der Waals surface area contributed by atoms with Crippen molar-refractivity contribution >= 4 is 33.2 Å². The van der Waals surface area contributed by atoms with E-state index in [1.165, 1.54) is 6.08 Å². The van der Waals surface area contributed by atoms with Gasteiger partial charge in [0.1, 0.15) is 4.91 Å². The van der Waals surface area contributed by atoms with Gasteiger partial charge in [0.15, 0.2) is 17.5 Å². The second kappa shape index (κ2) is 7.75. The first-order valence-corrected chi connectivity index (χ1v) is 10.5. The Kier molecular flexibility index (Phi) is 5.83. The van der Waals surface area contributed by atoms with Crippen LogP contribution in [0.25, 0.3) is 0 Å². The second-order valence-corrected chi connectivity index (χ2v) is 9.36. The van der Waals surface area contributed by atoms with Crippen LogP contribution in [0.3, 0.4) is 0 Å². The third-order valence-corrected chi connectivity index (χ3v) is 6.56. The molecule has 6 nitrogen and oxygen atoms in total. The number of halogens is 4. The Balaban J connectivity index is 1.89. The van der Waals surface area contributed by atoms with Crippen molar-refractivity contribution in [3.05, 3.63) is 51.2 Å². The summed E-state index contributed by atoms with van der Waals surface area (Å²) in [7, 11) is -4.25. The SMILES string of the molecule is CC1CC=C(S(=O)(=O)NC2(C)COC2)C(F)=C1C(=O)Nc1cc(F)c(F)c(Cl)c1. The minimum Gasteiger partial charge on any atom is -0.377 e. The van der Waals surface area contributed by atoms with Crippen LogP contribution in [-0.4, -0.2) is 33.1 Å². The second-order valence-electron chi connectivity index (χ2n) is 7.30. The van der Waals surface area contributed by atoms with E-state index in [1.807, 2.05) is 0 Å². The van der Waals surface area contributed by atoms with Crippen LogP contribution in [0.15, 0.2) is 34.5 Å². The zero-order valence-corrected chi connectivity index (χ0v) is 17.1. The molecule has 1 aromatic rings. The summed E-state index contributed by atoms with van der Waals surface area (Å²) in [6, 6.07) is 1.66. The molecule has 3 rings (SSSR count). The first kappa shape index (κ1) is 21.8. The van der Waals surface area contributed by atoms with Gasteiger partial charge in [-0.1, -0.05) is 24.6 Å². The molecule has 1 unspecified atom stereocenters. The van der Waals surface area contributed by atoms with Crippen LogP contribution in [0.1, 0.15) is 20.3 Å². The molecular formula is C18H18ClF3N2O4S. The van der Waals surface area contributed by atoms with Crippen molar-refractivity contribution in [3.63, 3.8) is 0 Å². The molecule has 1 fully saturated rings. The van der Waals surface area contributed by atoms with E-state index < -0.39 is 60.3 Å². The molecule has 0 bridgehead atoms. The van der Waals surface area contributed by atoms with Crippen LogP contribution in [-0.2, 0) is 19.6 Å². The Bertz CT molecular complexity index is 1010. The van der Waals surface area contributed by atoms with Gasteiger partial charge in [-0.2, -0.15) is 0 Å². The Morgan fingerprint density at radius 2 is 1.93 bits per heavy atom. The van der Waals surface area contributed by atoms with E-state index in [-0.39, 0.29) is 25.3 Å². The predicted molar refractivity (Wildman–Crippen MR) is 101 cm³/mol. The van der Waals surface area contributed by atoms with E-state index in [4.69, 9.17) is 16.3 Å². The van der Waals surface area contributed by atoms with Crippen molar-refractivity contribution in [1.82, 2.24) is 4.72 Å². The molecule has 0 aromatic heterocycles. The van der Waals surface area contributed by atoms with Crippen LogP contribution in [0.5, 0.6) is 0 Å². The Hall–Kier alpha value is -1.88. The number of benzene rings is 1. The molecule has 29 heavy (non-hydrogen) atoms. The molecule has 1 aliphatic heterocycles. The fourth-order valence-corrected chi connectivity index (χ4v) is 4.81. The molecule has 1 aromatic carbocycles. The molecular weight excluding hydrogens is 433 g/mol. The van der Waals surface area contributed by atoms with E-state index in [0.717, 1.165) is 6.07 Å². The van der Waals surface area contributed by atoms with Crippen molar-refractivity contribution < 1.29 is 31.1 Å². The van der Waals surface area contributed by atoms with Crippen LogP contribution in [0.2, 0.25) is 5.02 Å². The van der Waals surface area contributed by atoms with Crippen LogP contribution < -0.4 is 10.0 Å². The molecule has 1 heterocycles. The maximum Gasteiger partial charge on any atom is 0.254 e. The van der Waals surface area contributed by atoms with E-state index >= 15 is 4.39 Å². The topological polar surface area (TPSA) is 84.5 Å². The van der Waals surface area contributed by atoms with Gasteiger partial charge in [-0.3, -0.25) is 4.79 Å². The van der Waals surface area contributed by atoms with Crippen LogP contribution in [0, 0.1) is 17.6 Å². The quantitative estimate of drug-likeness (QED) is 0.673. The van der Waals surface area contributed by atoms with Crippen molar-refractivity contribution in [2.24, 2.45) is 5.92 Å². The molecule has 11 heteroatoms. The summed E-state index contributed by atoms with van der Waals surface area (Å²) in [6.45, 7) is 3.44. The third kappa shape index (κ3) is 4.35. The van der Waals surface area contributed by atoms with Gasteiger partial charge >= 0.3 is 0 Å². The van der Waals surface area contributed by atoms with Gasteiger partial charge in [0.2, 0.25) is 10.0 Å². The number of ether oxygens (including phenoxy) is 1. The molecule has 1 amide bonds. The van der Waals surface area contributed by atoms with Crippen LogP contribution in [0.4, 0.5) is 18.9 Å². The molecule has 1 atom stereocenters. The van der Waals surface area contributed by atoms with Gasteiger partial charge < -0.3 is 10.1 Å². The highest BCUT2D eigenvalue weighted by Gasteiger charge is 2.41. The average Bonchev–Trinajstić information content (AvgIpc) is 2.57. The summed E-state index contributed by atoms with van der Waals surface area (Å²) in [5, 5.41) is 1.67. The number of amides is 1. The maximum absolute atomic E-state index is 15.1. The first-order valence-electron chi connectivity index (χ1n) is 8.61. The smallest absolute Gasteiger partial charge is 0.254 e. The Morgan fingerprint density at radius 1 is 1.28 bits per heavy atom. The van der Waals surface area contributed by atoms with E-state index in [0.29, 0.717) is 6.07 Å². The van der Waals surface area contributed by atoms with E-state index in [9.17, 15) is 22.0 Å². The minimum atomic E-state index is -4.25. The van der Waals surface area contributed by atoms with Crippen molar-refractivity contribution in [1.29, 1.82) is 0 Å². The number of hydrogen-bond donors (Lipinski definition) is 2. The summed E-state index contributed by atoms with van der Waals surface area (Å²) in [5.41, 5.74) is -1.46. The number of rotatable bonds is 5. The van der Waals surface area contributed by atoms with Crippen molar-refractivity contribution in [3.8, 4) is 0 Å². The highest BCUT2D eigenvalue weighted by atomic mass is 35.5. The summed E-state index contributed by atoms with van der Waals surface area (Å²) in [5.74, 6) is -5.39. The van der Waals surface area contributed by atoms with Gasteiger partial charge in [0, 0.05) is 11.8 Å². The highest BCUT2D eigenvalue weighted by Crippen LogP contribution is 2.35. The Morgan fingerprint density at radius 3 is 2.48 bits per heavy atom. The summed E-state index contributed by atoms with van der Waals surface area (Å²) < 4.78 is 74.5. The molecule has 0 spiro atoms. The average molecular weight is 451 g/mol. The van der Waals surface area contributed by atoms with Crippen LogP contribution >= 0.6 is 11.6 Å².